The highest BCUT2D eigenvalue weighted by Crippen LogP contribution is 2.31. The second-order valence-electron chi connectivity index (χ2n) is 8.23. The third kappa shape index (κ3) is 5.67. The van der Waals surface area contributed by atoms with Gasteiger partial charge in [0.05, 0.1) is 16.1 Å². The number of halogens is 1. The molecule has 0 aliphatic carbocycles. The summed E-state index contributed by atoms with van der Waals surface area (Å²) in [5.41, 5.74) is 2.10. The van der Waals surface area contributed by atoms with Gasteiger partial charge in [-0.15, -0.1) is 0 Å². The Morgan fingerprint density at radius 3 is 2.15 bits per heavy atom. The topological polar surface area (TPSA) is 83.9 Å². The van der Waals surface area contributed by atoms with Gasteiger partial charge in [0.25, 0.3) is 10.0 Å². The van der Waals surface area contributed by atoms with Crippen molar-refractivity contribution in [2.24, 2.45) is 5.92 Å². The van der Waals surface area contributed by atoms with E-state index in [9.17, 15) is 18.3 Å². The minimum atomic E-state index is -3.93. The van der Waals surface area contributed by atoms with E-state index < -0.39 is 16.0 Å². The van der Waals surface area contributed by atoms with E-state index in [2.05, 4.69) is 0 Å². The third-order valence-corrected chi connectivity index (χ3v) is 7.37. The van der Waals surface area contributed by atoms with Crippen LogP contribution < -0.4 is 9.04 Å². The number of ether oxygens (including phenoxy) is 1. The largest absolute Gasteiger partial charge is 0.478 e. The molecule has 0 saturated heterocycles. The molecule has 33 heavy (non-hydrogen) atoms. The van der Waals surface area contributed by atoms with Gasteiger partial charge in [0.15, 0.2) is 0 Å². The van der Waals surface area contributed by atoms with Crippen LogP contribution >= 0.6 is 11.6 Å². The fraction of sp³-hybridized carbons (Fsp3) is 0.240. The van der Waals surface area contributed by atoms with Crippen LogP contribution in [-0.2, 0) is 10.0 Å². The van der Waals surface area contributed by atoms with Crippen molar-refractivity contribution in [1.29, 1.82) is 0 Å². The smallest absolute Gasteiger partial charge is 0.335 e. The van der Waals surface area contributed by atoms with Crippen LogP contribution in [0.1, 0.15) is 35.3 Å². The van der Waals surface area contributed by atoms with Crippen LogP contribution in [0.2, 0.25) is 5.02 Å². The molecule has 0 aromatic heterocycles. The zero-order chi connectivity index (χ0) is 24.3. The lowest BCUT2D eigenvalue weighted by atomic mass is 10.1. The van der Waals surface area contributed by atoms with Gasteiger partial charge in [-0.25, -0.2) is 13.2 Å². The van der Waals surface area contributed by atoms with Gasteiger partial charge in [-0.1, -0.05) is 31.5 Å². The maximum atomic E-state index is 13.5. The predicted molar refractivity (Wildman–Crippen MR) is 130 cm³/mol. The number of anilines is 1. The molecule has 3 rings (SSSR count). The number of benzene rings is 3. The zero-order valence-corrected chi connectivity index (χ0v) is 20.4. The summed E-state index contributed by atoms with van der Waals surface area (Å²) >= 11 is 6.21. The number of aryl methyl sites for hydroxylation is 2. The summed E-state index contributed by atoms with van der Waals surface area (Å²) in [5, 5.41) is 9.99. The molecule has 1 N–H and O–H groups in total. The number of carbonyl (C=O) groups is 1. The average Bonchev–Trinajstić information content (AvgIpc) is 2.76. The van der Waals surface area contributed by atoms with E-state index in [0.717, 1.165) is 11.1 Å². The summed E-state index contributed by atoms with van der Waals surface area (Å²) in [6.07, 6.45) is 0. The normalized spacial score (nSPS) is 11.5. The number of hydrogen-bond donors (Lipinski definition) is 1. The SMILES string of the molecule is Cc1cc(Oc2ccc(S(=O)(=O)N(CC(C)C)c3cccc(C(=O)O)c3)cc2)cc(C)c1Cl. The minimum absolute atomic E-state index is 0.0206. The van der Waals surface area contributed by atoms with Gasteiger partial charge in [0, 0.05) is 11.6 Å². The highest BCUT2D eigenvalue weighted by atomic mass is 35.5. The Bertz CT molecular complexity index is 1250. The molecule has 0 amide bonds. The fourth-order valence-corrected chi connectivity index (χ4v) is 5.11. The Labute approximate surface area is 199 Å². The molecule has 0 aliphatic rings. The first-order valence-corrected chi connectivity index (χ1v) is 12.2. The summed E-state index contributed by atoms with van der Waals surface area (Å²) in [7, 11) is -3.93. The monoisotopic (exact) mass is 487 g/mol. The summed E-state index contributed by atoms with van der Waals surface area (Å²) in [4.78, 5) is 11.5. The van der Waals surface area contributed by atoms with Gasteiger partial charge >= 0.3 is 5.97 Å². The number of hydrogen-bond acceptors (Lipinski definition) is 4. The molecule has 0 spiro atoms. The standard InChI is InChI=1S/C25H26ClNO5S/c1-16(2)15-27(20-7-5-6-19(14-20)25(28)29)33(30,31)23-10-8-21(9-11-23)32-22-12-17(3)24(26)18(4)13-22/h5-14,16H,15H2,1-4H3,(H,28,29). The first-order valence-electron chi connectivity index (χ1n) is 10.4. The summed E-state index contributed by atoms with van der Waals surface area (Å²) < 4.78 is 34.1. The van der Waals surface area contributed by atoms with Crippen LogP contribution in [0.5, 0.6) is 11.5 Å². The van der Waals surface area contributed by atoms with Crippen LogP contribution in [-0.4, -0.2) is 26.0 Å². The number of carboxylic acid groups (broad SMARTS) is 1. The van der Waals surface area contributed by atoms with Crippen LogP contribution in [0.25, 0.3) is 0 Å². The average molecular weight is 488 g/mol. The first-order chi connectivity index (χ1) is 15.5. The van der Waals surface area contributed by atoms with Crippen LogP contribution in [0.3, 0.4) is 0 Å². The second kappa shape index (κ2) is 9.85. The molecule has 6 nitrogen and oxygen atoms in total. The number of rotatable bonds is 8. The minimum Gasteiger partial charge on any atom is -0.478 e. The number of nitrogens with zero attached hydrogens (tertiary/aromatic N) is 1. The Kier molecular flexibility index (Phi) is 7.34. The van der Waals surface area contributed by atoms with E-state index in [-0.39, 0.29) is 22.9 Å². The van der Waals surface area contributed by atoms with E-state index in [1.54, 1.807) is 18.2 Å². The lowest BCUT2D eigenvalue weighted by Crippen LogP contribution is -2.34. The van der Waals surface area contributed by atoms with E-state index in [1.807, 2.05) is 39.8 Å². The molecule has 0 radical (unpaired) electrons. The van der Waals surface area contributed by atoms with E-state index >= 15 is 0 Å². The molecule has 0 bridgehead atoms. The van der Waals surface area contributed by atoms with E-state index in [4.69, 9.17) is 16.3 Å². The quantitative estimate of drug-likeness (QED) is 0.403. The summed E-state index contributed by atoms with van der Waals surface area (Å²) in [6.45, 7) is 7.78. The van der Waals surface area contributed by atoms with Crippen molar-refractivity contribution in [3.8, 4) is 11.5 Å². The van der Waals surface area contributed by atoms with Crippen molar-refractivity contribution < 1.29 is 23.1 Å². The predicted octanol–water partition coefficient (Wildman–Crippen LogP) is 6.30. The van der Waals surface area contributed by atoms with Crippen molar-refractivity contribution in [2.75, 3.05) is 10.8 Å². The summed E-state index contributed by atoms with van der Waals surface area (Å²) in [5.74, 6) is -0.00421. The molecular weight excluding hydrogens is 462 g/mol. The number of carboxylic acids is 1. The molecule has 174 valence electrons. The van der Waals surface area contributed by atoms with Crippen molar-refractivity contribution in [2.45, 2.75) is 32.6 Å². The molecule has 0 heterocycles. The van der Waals surface area contributed by atoms with Gasteiger partial charge in [0.1, 0.15) is 11.5 Å². The Balaban J connectivity index is 1.92. The molecule has 0 unspecified atom stereocenters. The van der Waals surface area contributed by atoms with Crippen LogP contribution in [0.15, 0.2) is 65.6 Å². The Morgan fingerprint density at radius 2 is 1.61 bits per heavy atom. The van der Waals surface area contributed by atoms with Crippen LogP contribution in [0.4, 0.5) is 5.69 Å². The van der Waals surface area contributed by atoms with Gasteiger partial charge in [-0.2, -0.15) is 0 Å². The van der Waals surface area contributed by atoms with Gasteiger partial charge in [0.2, 0.25) is 0 Å². The summed E-state index contributed by atoms with van der Waals surface area (Å²) in [6, 6.07) is 15.7. The molecular formula is C25H26ClNO5S. The first kappa shape index (κ1) is 24.6. The number of sulfonamides is 1. The van der Waals surface area contributed by atoms with Gasteiger partial charge in [-0.3, -0.25) is 4.31 Å². The highest BCUT2D eigenvalue weighted by Gasteiger charge is 2.26. The molecule has 0 fully saturated rings. The lowest BCUT2D eigenvalue weighted by Gasteiger charge is -2.26. The fourth-order valence-electron chi connectivity index (χ4n) is 3.38. The second-order valence-corrected chi connectivity index (χ2v) is 10.5. The van der Waals surface area contributed by atoms with E-state index in [0.29, 0.717) is 22.2 Å². The maximum Gasteiger partial charge on any atom is 0.335 e. The molecule has 8 heteroatoms. The Hall–Kier alpha value is -3.03. The molecule has 0 aliphatic heterocycles. The maximum absolute atomic E-state index is 13.5. The molecule has 0 saturated carbocycles. The van der Waals surface area contributed by atoms with Gasteiger partial charge in [-0.05, 0) is 85.5 Å². The zero-order valence-electron chi connectivity index (χ0n) is 18.9. The molecule has 0 atom stereocenters. The lowest BCUT2D eigenvalue weighted by molar-refractivity contribution is 0.0697. The third-order valence-electron chi connectivity index (χ3n) is 4.97. The van der Waals surface area contributed by atoms with Crippen molar-refractivity contribution in [3.05, 3.63) is 82.4 Å². The molecule has 3 aromatic carbocycles. The molecule has 3 aromatic rings. The van der Waals surface area contributed by atoms with Crippen molar-refractivity contribution in [3.63, 3.8) is 0 Å². The van der Waals surface area contributed by atoms with Crippen molar-refractivity contribution in [1.82, 2.24) is 0 Å². The van der Waals surface area contributed by atoms with Gasteiger partial charge < -0.3 is 9.84 Å². The van der Waals surface area contributed by atoms with Crippen molar-refractivity contribution >= 4 is 33.3 Å². The number of aromatic carboxylic acids is 1. The Morgan fingerprint density at radius 1 is 1.00 bits per heavy atom. The highest BCUT2D eigenvalue weighted by molar-refractivity contribution is 7.92. The van der Waals surface area contributed by atoms with E-state index in [1.165, 1.54) is 34.6 Å². The van der Waals surface area contributed by atoms with Crippen LogP contribution in [0, 0.1) is 19.8 Å².